The maximum atomic E-state index is 12.9. The van der Waals surface area contributed by atoms with Gasteiger partial charge in [0.2, 0.25) is 5.91 Å². The number of benzene rings is 1. The van der Waals surface area contributed by atoms with E-state index in [0.717, 1.165) is 44.5 Å². The van der Waals surface area contributed by atoms with E-state index in [9.17, 15) is 9.59 Å². The summed E-state index contributed by atoms with van der Waals surface area (Å²) in [6, 6.07) is 8.50. The standard InChI is InChI=1S/C21H30N2O4/c1-3-27-21(25)17-5-4-12-22(14-17)20(24)15-23(18-8-9-18)13-16-6-10-19(26-2)11-7-16/h6-7,10-11,17-18H,3-5,8-9,12-15H2,1-2H3. The highest BCUT2D eigenvalue weighted by Gasteiger charge is 2.34. The number of carbonyl (C=O) groups is 2. The van der Waals surface area contributed by atoms with Gasteiger partial charge in [-0.1, -0.05) is 12.1 Å². The molecule has 0 N–H and O–H groups in total. The molecule has 2 aliphatic rings. The van der Waals surface area contributed by atoms with Crippen molar-refractivity contribution < 1.29 is 19.1 Å². The van der Waals surface area contributed by atoms with Crippen molar-refractivity contribution in [3.05, 3.63) is 29.8 Å². The lowest BCUT2D eigenvalue weighted by Gasteiger charge is -2.33. The fourth-order valence-corrected chi connectivity index (χ4v) is 3.65. The quantitative estimate of drug-likeness (QED) is 0.654. The van der Waals surface area contributed by atoms with Gasteiger partial charge in [-0.05, 0) is 50.3 Å². The average Bonchev–Trinajstić information content (AvgIpc) is 3.53. The number of nitrogens with zero attached hydrogens (tertiary/aromatic N) is 2. The molecule has 1 saturated carbocycles. The third-order valence-electron chi connectivity index (χ3n) is 5.34. The first kappa shape index (κ1) is 19.7. The van der Waals surface area contributed by atoms with Crippen LogP contribution in [0.4, 0.5) is 0 Å². The van der Waals surface area contributed by atoms with Crippen molar-refractivity contribution in [1.29, 1.82) is 0 Å². The highest BCUT2D eigenvalue weighted by Crippen LogP contribution is 2.29. The van der Waals surface area contributed by atoms with E-state index in [4.69, 9.17) is 9.47 Å². The molecular formula is C21H30N2O4. The second kappa shape index (κ2) is 9.22. The molecule has 1 amide bonds. The molecule has 1 saturated heterocycles. The molecule has 3 rings (SSSR count). The minimum absolute atomic E-state index is 0.115. The fourth-order valence-electron chi connectivity index (χ4n) is 3.65. The zero-order valence-electron chi connectivity index (χ0n) is 16.4. The largest absolute Gasteiger partial charge is 0.497 e. The molecule has 0 bridgehead atoms. The van der Waals surface area contributed by atoms with Gasteiger partial charge >= 0.3 is 5.97 Å². The molecule has 1 unspecified atom stereocenters. The second-order valence-corrected chi connectivity index (χ2v) is 7.42. The first-order valence-electron chi connectivity index (χ1n) is 9.92. The Hall–Kier alpha value is -2.08. The van der Waals surface area contributed by atoms with Gasteiger partial charge in [0.15, 0.2) is 0 Å². The summed E-state index contributed by atoms with van der Waals surface area (Å²) in [6.45, 7) is 4.59. The van der Waals surface area contributed by atoms with Gasteiger partial charge in [-0.2, -0.15) is 0 Å². The predicted molar refractivity (Wildman–Crippen MR) is 102 cm³/mol. The van der Waals surface area contributed by atoms with Crippen molar-refractivity contribution in [3.8, 4) is 5.75 Å². The molecule has 27 heavy (non-hydrogen) atoms. The van der Waals surface area contributed by atoms with Crippen LogP contribution in [0, 0.1) is 5.92 Å². The molecule has 1 aliphatic heterocycles. The Bertz CT molecular complexity index is 642. The van der Waals surface area contributed by atoms with Gasteiger partial charge in [-0.15, -0.1) is 0 Å². The Morgan fingerprint density at radius 2 is 1.93 bits per heavy atom. The van der Waals surface area contributed by atoms with E-state index >= 15 is 0 Å². The van der Waals surface area contributed by atoms with Gasteiger partial charge in [0.25, 0.3) is 0 Å². The molecule has 6 nitrogen and oxygen atoms in total. The number of methoxy groups -OCH3 is 1. The van der Waals surface area contributed by atoms with Gasteiger partial charge in [0.1, 0.15) is 5.75 Å². The molecule has 6 heteroatoms. The van der Waals surface area contributed by atoms with Gasteiger partial charge in [-0.25, -0.2) is 0 Å². The summed E-state index contributed by atoms with van der Waals surface area (Å²) in [6.07, 6.45) is 3.96. The molecule has 2 fully saturated rings. The summed E-state index contributed by atoms with van der Waals surface area (Å²) >= 11 is 0. The lowest BCUT2D eigenvalue weighted by Crippen LogP contribution is -2.47. The molecule has 1 aromatic rings. The van der Waals surface area contributed by atoms with Crippen LogP contribution in [0.3, 0.4) is 0 Å². The maximum absolute atomic E-state index is 12.9. The lowest BCUT2D eigenvalue weighted by molar-refractivity contribution is -0.151. The van der Waals surface area contributed by atoms with E-state index in [1.807, 2.05) is 24.0 Å². The Morgan fingerprint density at radius 3 is 2.56 bits per heavy atom. The van der Waals surface area contributed by atoms with Crippen molar-refractivity contribution in [3.63, 3.8) is 0 Å². The lowest BCUT2D eigenvalue weighted by atomic mass is 9.98. The highest BCUT2D eigenvalue weighted by atomic mass is 16.5. The second-order valence-electron chi connectivity index (χ2n) is 7.42. The monoisotopic (exact) mass is 374 g/mol. The van der Waals surface area contributed by atoms with Crippen LogP contribution in [-0.4, -0.2) is 61.1 Å². The minimum Gasteiger partial charge on any atom is -0.497 e. The van der Waals surface area contributed by atoms with E-state index in [1.165, 1.54) is 5.56 Å². The molecule has 1 aliphatic carbocycles. The van der Waals surface area contributed by atoms with E-state index in [2.05, 4.69) is 17.0 Å². The van der Waals surface area contributed by atoms with Crippen LogP contribution in [0.15, 0.2) is 24.3 Å². The molecule has 0 aromatic heterocycles. The molecule has 148 valence electrons. The number of rotatable bonds is 8. The smallest absolute Gasteiger partial charge is 0.310 e. The van der Waals surface area contributed by atoms with E-state index < -0.39 is 0 Å². The first-order chi connectivity index (χ1) is 13.1. The number of piperidine rings is 1. The van der Waals surface area contributed by atoms with Crippen LogP contribution in [0.25, 0.3) is 0 Å². The number of ether oxygens (including phenoxy) is 2. The zero-order valence-corrected chi connectivity index (χ0v) is 16.4. The number of carbonyl (C=O) groups excluding carboxylic acids is 2. The summed E-state index contributed by atoms with van der Waals surface area (Å²) in [5.74, 6) is 0.599. The van der Waals surface area contributed by atoms with Crippen LogP contribution in [0.1, 0.15) is 38.2 Å². The van der Waals surface area contributed by atoms with Crippen LogP contribution in [0.2, 0.25) is 0 Å². The summed E-state index contributed by atoms with van der Waals surface area (Å²) < 4.78 is 10.4. The maximum Gasteiger partial charge on any atom is 0.310 e. The van der Waals surface area contributed by atoms with Crippen LogP contribution in [0.5, 0.6) is 5.75 Å². The summed E-state index contributed by atoms with van der Waals surface area (Å²) in [4.78, 5) is 29.0. The van der Waals surface area contributed by atoms with Crippen LogP contribution < -0.4 is 4.74 Å². The first-order valence-corrected chi connectivity index (χ1v) is 9.92. The van der Waals surface area contributed by atoms with Gasteiger partial charge in [0.05, 0.1) is 26.2 Å². The fraction of sp³-hybridized carbons (Fsp3) is 0.619. The molecule has 1 heterocycles. The SMILES string of the molecule is CCOC(=O)C1CCCN(C(=O)CN(Cc2ccc(OC)cc2)C2CC2)C1. The van der Waals surface area contributed by atoms with Crippen LogP contribution >= 0.6 is 0 Å². The Labute approximate surface area is 161 Å². The molecule has 0 radical (unpaired) electrons. The van der Waals surface area contributed by atoms with Gasteiger partial charge in [0, 0.05) is 25.7 Å². The van der Waals surface area contributed by atoms with Crippen molar-refractivity contribution in [1.82, 2.24) is 9.80 Å². The minimum atomic E-state index is -0.182. The summed E-state index contributed by atoms with van der Waals surface area (Å²) in [5.41, 5.74) is 1.18. The number of esters is 1. The highest BCUT2D eigenvalue weighted by molar-refractivity contribution is 5.80. The molecule has 1 aromatic carbocycles. The van der Waals surface area contributed by atoms with E-state index in [-0.39, 0.29) is 17.8 Å². The number of hydrogen-bond donors (Lipinski definition) is 0. The summed E-state index contributed by atoms with van der Waals surface area (Å²) in [7, 11) is 1.66. The average molecular weight is 374 g/mol. The Morgan fingerprint density at radius 1 is 1.19 bits per heavy atom. The van der Waals surface area contributed by atoms with Gasteiger partial charge < -0.3 is 14.4 Å². The van der Waals surface area contributed by atoms with E-state index in [0.29, 0.717) is 25.7 Å². The normalized spacial score (nSPS) is 19.8. The number of amides is 1. The van der Waals surface area contributed by atoms with E-state index in [1.54, 1.807) is 7.11 Å². The van der Waals surface area contributed by atoms with Crippen LogP contribution in [-0.2, 0) is 20.9 Å². The van der Waals surface area contributed by atoms with Crippen molar-refractivity contribution in [2.24, 2.45) is 5.92 Å². The number of hydrogen-bond acceptors (Lipinski definition) is 5. The molecular weight excluding hydrogens is 344 g/mol. The molecule has 0 spiro atoms. The Balaban J connectivity index is 1.57. The molecule has 1 atom stereocenters. The summed E-state index contributed by atoms with van der Waals surface area (Å²) in [5, 5.41) is 0. The third-order valence-corrected chi connectivity index (χ3v) is 5.34. The predicted octanol–water partition coefficient (Wildman–Crippen LogP) is 2.46. The van der Waals surface area contributed by atoms with Gasteiger partial charge in [-0.3, -0.25) is 14.5 Å². The van der Waals surface area contributed by atoms with Crippen molar-refractivity contribution >= 4 is 11.9 Å². The zero-order chi connectivity index (χ0) is 19.2. The topological polar surface area (TPSA) is 59.1 Å². The Kier molecular flexibility index (Phi) is 6.72. The third kappa shape index (κ3) is 5.45. The number of likely N-dealkylation sites (tertiary alicyclic amines) is 1. The van der Waals surface area contributed by atoms with Crippen molar-refractivity contribution in [2.75, 3.05) is 33.4 Å². The van der Waals surface area contributed by atoms with Crippen molar-refractivity contribution in [2.45, 2.75) is 45.2 Å².